The summed E-state index contributed by atoms with van der Waals surface area (Å²) >= 11 is 0. The predicted molar refractivity (Wildman–Crippen MR) is 239 cm³/mol. The minimum atomic E-state index is -0.0222. The van der Waals surface area contributed by atoms with Gasteiger partial charge in [-0.25, -0.2) is 4.98 Å². The van der Waals surface area contributed by atoms with E-state index < -0.39 is 0 Å². The number of pyridine rings is 1. The van der Waals surface area contributed by atoms with Crippen LogP contribution >= 0.6 is 0 Å². The Kier molecular flexibility index (Phi) is 8.96. The fourth-order valence-electron chi connectivity index (χ4n) is 7.83. The van der Waals surface area contributed by atoms with Crippen LogP contribution in [0, 0.1) is 0 Å². The van der Waals surface area contributed by atoms with Gasteiger partial charge in [0, 0.05) is 46.7 Å². The van der Waals surface area contributed by atoms with Gasteiger partial charge in [0.1, 0.15) is 17.3 Å². The molecule has 0 aliphatic carbocycles. The molecule has 0 fully saturated rings. The van der Waals surface area contributed by atoms with Crippen LogP contribution in [0.25, 0.3) is 44.4 Å². The van der Waals surface area contributed by atoms with Crippen LogP contribution < -0.4 is 14.5 Å². The van der Waals surface area contributed by atoms with Gasteiger partial charge >= 0.3 is 0 Å². The zero-order chi connectivity index (χ0) is 39.3. The Balaban J connectivity index is 1.08. The highest BCUT2D eigenvalue weighted by molar-refractivity contribution is 6.09. The van der Waals surface area contributed by atoms with Gasteiger partial charge in [0.25, 0.3) is 0 Å². The predicted octanol–water partition coefficient (Wildman–Crippen LogP) is 13.5. The molecule has 57 heavy (non-hydrogen) atoms. The second-order valence-electron chi connectivity index (χ2n) is 17.1. The lowest BCUT2D eigenvalue weighted by Gasteiger charge is -2.28. The highest BCUT2D eigenvalue weighted by Gasteiger charge is 2.27. The fourth-order valence-corrected chi connectivity index (χ4v) is 7.83. The van der Waals surface area contributed by atoms with Crippen LogP contribution in [0.1, 0.15) is 58.2 Å². The number of hydrogen-bond acceptors (Lipinski definition) is 4. The first kappa shape index (κ1) is 36.1. The van der Waals surface area contributed by atoms with Crippen molar-refractivity contribution >= 4 is 38.9 Å². The molecule has 0 amide bonds. The zero-order valence-electron chi connectivity index (χ0n) is 33.6. The number of aromatic nitrogens is 2. The molecule has 1 aliphatic rings. The van der Waals surface area contributed by atoms with Gasteiger partial charge in [-0.3, -0.25) is 4.57 Å². The number of fused-ring (bicyclic) bond motifs is 3. The molecule has 0 saturated carbocycles. The first-order valence-corrected chi connectivity index (χ1v) is 19.8. The summed E-state index contributed by atoms with van der Waals surface area (Å²) in [6.07, 6.45) is 4.19. The second-order valence-corrected chi connectivity index (χ2v) is 17.1. The van der Waals surface area contributed by atoms with Gasteiger partial charge in [-0.15, -0.1) is 0 Å². The number of ether oxygens (including phenoxy) is 1. The summed E-state index contributed by atoms with van der Waals surface area (Å²) in [4.78, 5) is 9.61. The van der Waals surface area contributed by atoms with Crippen molar-refractivity contribution < 1.29 is 4.74 Å². The van der Waals surface area contributed by atoms with Gasteiger partial charge in [-0.05, 0) is 93.2 Å². The van der Waals surface area contributed by atoms with E-state index in [1.807, 2.05) is 12.3 Å². The molecule has 9 rings (SSSR count). The summed E-state index contributed by atoms with van der Waals surface area (Å²) in [7, 11) is 0. The highest BCUT2D eigenvalue weighted by atomic mass is 16.5. The number of benzene rings is 6. The number of anilines is 2. The van der Waals surface area contributed by atoms with Gasteiger partial charge in [-0.1, -0.05) is 133 Å². The number of para-hydroxylation sites is 1. The molecule has 6 aromatic carbocycles. The van der Waals surface area contributed by atoms with Crippen LogP contribution in [0.4, 0.5) is 11.4 Å². The normalized spacial score (nSPS) is 13.4. The SMILES string of the molecule is CC(C)(C)c1cc(-c2ccccc2)cc(N2CN(c3cccc(Oc4ccc5c6ccccc6n(-c6cc(C(C)(C)C)ccn6)c5c4)c3)C=C2c2ccccc2)c1. The van der Waals surface area contributed by atoms with Crippen LogP contribution in [0.3, 0.4) is 0 Å². The minimum Gasteiger partial charge on any atom is -0.457 e. The maximum Gasteiger partial charge on any atom is 0.137 e. The molecule has 8 aromatic rings. The average molecular weight is 745 g/mol. The molecule has 0 spiro atoms. The van der Waals surface area contributed by atoms with E-state index in [1.165, 1.54) is 33.2 Å². The molecular formula is C52H48N4O. The lowest BCUT2D eigenvalue weighted by atomic mass is 9.85. The van der Waals surface area contributed by atoms with Crippen molar-refractivity contribution in [3.05, 3.63) is 187 Å². The third-order valence-electron chi connectivity index (χ3n) is 11.0. The first-order valence-electron chi connectivity index (χ1n) is 19.8. The van der Waals surface area contributed by atoms with E-state index >= 15 is 0 Å². The maximum absolute atomic E-state index is 6.70. The molecule has 282 valence electrons. The molecule has 0 bridgehead atoms. The highest BCUT2D eigenvalue weighted by Crippen LogP contribution is 2.40. The van der Waals surface area contributed by atoms with E-state index in [2.05, 4.69) is 214 Å². The van der Waals surface area contributed by atoms with Crippen LogP contribution in [-0.2, 0) is 10.8 Å². The van der Waals surface area contributed by atoms with E-state index in [9.17, 15) is 0 Å². The third kappa shape index (κ3) is 7.06. The van der Waals surface area contributed by atoms with Crippen molar-refractivity contribution in [2.75, 3.05) is 16.5 Å². The molecule has 2 aromatic heterocycles. The topological polar surface area (TPSA) is 33.5 Å². The molecule has 0 radical (unpaired) electrons. The zero-order valence-corrected chi connectivity index (χ0v) is 33.6. The Bertz CT molecular complexity index is 2770. The maximum atomic E-state index is 6.70. The van der Waals surface area contributed by atoms with Crippen LogP contribution in [-0.4, -0.2) is 16.2 Å². The van der Waals surface area contributed by atoms with Crippen LogP contribution in [0.5, 0.6) is 11.5 Å². The van der Waals surface area contributed by atoms with E-state index in [1.54, 1.807) is 0 Å². The van der Waals surface area contributed by atoms with Crippen LogP contribution in [0.2, 0.25) is 0 Å². The second kappa shape index (κ2) is 14.2. The molecule has 1 aliphatic heterocycles. The van der Waals surface area contributed by atoms with E-state index in [0.717, 1.165) is 50.8 Å². The minimum absolute atomic E-state index is 0.000719. The number of nitrogens with zero attached hydrogens (tertiary/aromatic N) is 4. The fraction of sp³-hybridized carbons (Fsp3) is 0.173. The lowest BCUT2D eigenvalue weighted by molar-refractivity contribution is 0.483. The summed E-state index contributed by atoms with van der Waals surface area (Å²) in [6, 6.07) is 56.1. The van der Waals surface area contributed by atoms with Crippen molar-refractivity contribution in [1.29, 1.82) is 0 Å². The summed E-state index contributed by atoms with van der Waals surface area (Å²) in [5.41, 5.74) is 11.7. The van der Waals surface area contributed by atoms with Gasteiger partial charge in [-0.2, -0.15) is 0 Å². The van der Waals surface area contributed by atoms with E-state index in [-0.39, 0.29) is 10.8 Å². The third-order valence-corrected chi connectivity index (χ3v) is 11.0. The molecule has 5 nitrogen and oxygen atoms in total. The van der Waals surface area contributed by atoms with Crippen molar-refractivity contribution in [3.63, 3.8) is 0 Å². The lowest BCUT2D eigenvalue weighted by Crippen LogP contribution is -2.26. The number of hydrogen-bond donors (Lipinski definition) is 0. The van der Waals surface area contributed by atoms with Gasteiger partial charge < -0.3 is 14.5 Å². The van der Waals surface area contributed by atoms with Gasteiger partial charge in [0.2, 0.25) is 0 Å². The van der Waals surface area contributed by atoms with Gasteiger partial charge in [0.15, 0.2) is 0 Å². The molecule has 0 saturated heterocycles. The number of rotatable bonds is 7. The van der Waals surface area contributed by atoms with E-state index in [4.69, 9.17) is 9.72 Å². The summed E-state index contributed by atoms with van der Waals surface area (Å²) < 4.78 is 8.96. The molecule has 0 atom stereocenters. The molecule has 5 heteroatoms. The smallest absolute Gasteiger partial charge is 0.137 e. The monoisotopic (exact) mass is 744 g/mol. The van der Waals surface area contributed by atoms with Crippen LogP contribution in [0.15, 0.2) is 170 Å². The summed E-state index contributed by atoms with van der Waals surface area (Å²) in [5, 5.41) is 2.35. The standard InChI is InChI=1S/C52H48N4O/c1-51(2,3)39-26-27-53-50(31-39)56-47-23-14-13-22-45(47)46-25-24-44(33-48(46)56)57-43-21-15-20-41(32-43)54-34-49(37-18-11-8-12-19-37)55(35-54)42-29-38(36-16-9-7-10-17-36)28-40(30-42)52(4,5)6/h7-34H,35H2,1-6H3. The Morgan fingerprint density at radius 1 is 0.509 bits per heavy atom. The summed E-state index contributed by atoms with van der Waals surface area (Å²) in [5.74, 6) is 2.44. The van der Waals surface area contributed by atoms with Gasteiger partial charge in [0.05, 0.1) is 23.4 Å². The molecular weight excluding hydrogens is 697 g/mol. The molecule has 0 unspecified atom stereocenters. The summed E-state index contributed by atoms with van der Waals surface area (Å²) in [6.45, 7) is 14.2. The Morgan fingerprint density at radius 3 is 1.95 bits per heavy atom. The molecule has 3 heterocycles. The molecule has 0 N–H and O–H groups in total. The first-order chi connectivity index (χ1) is 27.5. The Labute approximate surface area is 336 Å². The average Bonchev–Trinajstić information content (AvgIpc) is 3.81. The van der Waals surface area contributed by atoms with Crippen molar-refractivity contribution in [2.24, 2.45) is 0 Å². The largest absolute Gasteiger partial charge is 0.457 e. The Morgan fingerprint density at radius 2 is 1.19 bits per heavy atom. The van der Waals surface area contributed by atoms with Crippen molar-refractivity contribution in [1.82, 2.24) is 9.55 Å². The Hall–Kier alpha value is -6.59. The van der Waals surface area contributed by atoms with E-state index in [0.29, 0.717) is 6.67 Å². The van der Waals surface area contributed by atoms with Crippen molar-refractivity contribution in [2.45, 2.75) is 52.4 Å². The quantitative estimate of drug-likeness (QED) is 0.163. The van der Waals surface area contributed by atoms with Crippen molar-refractivity contribution in [3.8, 4) is 28.4 Å².